The minimum Gasteiger partial charge on any atom is -0.508 e. The second-order valence-corrected chi connectivity index (χ2v) is 9.25. The molecule has 1 aliphatic heterocycles. The molecule has 0 radical (unpaired) electrons. The molecule has 0 bridgehead atoms. The van der Waals surface area contributed by atoms with Gasteiger partial charge in [-0.25, -0.2) is 0 Å². The number of thiophene rings is 1. The van der Waals surface area contributed by atoms with Crippen LogP contribution < -0.4 is 9.47 Å². The minimum atomic E-state index is -0.0882. The number of fused-ring (bicyclic) bond motifs is 1. The number of carbonyl (C=O) groups is 1. The van der Waals surface area contributed by atoms with Crippen molar-refractivity contribution in [3.05, 3.63) is 82.7 Å². The van der Waals surface area contributed by atoms with Crippen LogP contribution in [0.5, 0.6) is 23.0 Å². The molecular weight excluding hydrogens is 434 g/mol. The Kier molecular flexibility index (Phi) is 6.03. The molecule has 168 valence electrons. The van der Waals surface area contributed by atoms with Gasteiger partial charge in [-0.1, -0.05) is 24.3 Å². The Morgan fingerprint density at radius 3 is 2.52 bits per heavy atom. The number of phenols is 1. The van der Waals surface area contributed by atoms with Crippen molar-refractivity contribution < 1.29 is 19.4 Å². The van der Waals surface area contributed by atoms with E-state index in [0.29, 0.717) is 28.5 Å². The smallest absolute Gasteiger partial charge is 0.207 e. The lowest BCUT2D eigenvalue weighted by atomic mass is 10.0. The Balaban J connectivity index is 1.41. The summed E-state index contributed by atoms with van der Waals surface area (Å²) in [5, 5.41) is 10.7. The van der Waals surface area contributed by atoms with Crippen molar-refractivity contribution in [2.24, 2.45) is 0 Å². The Labute approximate surface area is 196 Å². The van der Waals surface area contributed by atoms with Gasteiger partial charge in [-0.15, -0.1) is 11.3 Å². The van der Waals surface area contributed by atoms with Crippen LogP contribution in [-0.4, -0.2) is 42.0 Å². The van der Waals surface area contributed by atoms with Crippen LogP contribution in [0.4, 0.5) is 0 Å². The Morgan fingerprint density at radius 2 is 1.79 bits per heavy atom. The highest BCUT2D eigenvalue weighted by molar-refractivity contribution is 7.21. The number of aromatic hydroxyl groups is 1. The van der Waals surface area contributed by atoms with Crippen LogP contribution in [0.3, 0.4) is 0 Å². The van der Waals surface area contributed by atoms with Gasteiger partial charge in [0.1, 0.15) is 28.7 Å². The van der Waals surface area contributed by atoms with E-state index < -0.39 is 0 Å². The molecule has 0 amide bonds. The zero-order valence-corrected chi connectivity index (χ0v) is 19.2. The summed E-state index contributed by atoms with van der Waals surface area (Å²) < 4.78 is 12.9. The lowest BCUT2D eigenvalue weighted by Crippen LogP contribution is -2.39. The predicted octanol–water partition coefficient (Wildman–Crippen LogP) is 6.02. The number of carbonyl (C=O) groups excluding carboxylic acids is 1. The van der Waals surface area contributed by atoms with Crippen LogP contribution in [0, 0.1) is 6.92 Å². The van der Waals surface area contributed by atoms with Crippen molar-refractivity contribution in [3.8, 4) is 23.0 Å². The fourth-order valence-corrected chi connectivity index (χ4v) is 5.00. The van der Waals surface area contributed by atoms with Crippen molar-refractivity contribution in [1.29, 1.82) is 0 Å². The van der Waals surface area contributed by atoms with Gasteiger partial charge in [0.2, 0.25) is 5.78 Å². The highest BCUT2D eigenvalue weighted by Crippen LogP contribution is 2.43. The third kappa shape index (κ3) is 4.58. The monoisotopic (exact) mass is 459 g/mol. The van der Waals surface area contributed by atoms with E-state index in [-0.39, 0.29) is 11.5 Å². The van der Waals surface area contributed by atoms with E-state index in [1.54, 1.807) is 18.2 Å². The molecule has 4 aromatic rings. The number of hydrogen-bond donors (Lipinski definition) is 1. The second-order valence-electron chi connectivity index (χ2n) is 8.20. The quantitative estimate of drug-likeness (QED) is 0.326. The molecule has 1 aromatic heterocycles. The topological polar surface area (TPSA) is 59.0 Å². The SMILES string of the molecule is Cc1ccccc1C(=O)c1sc2cc(O)ccc2c1Oc1ccc(OCCN2CCC2)cc1. The van der Waals surface area contributed by atoms with E-state index in [4.69, 9.17) is 9.47 Å². The molecule has 6 heteroatoms. The van der Waals surface area contributed by atoms with E-state index in [0.717, 1.165) is 41.0 Å². The van der Waals surface area contributed by atoms with Crippen molar-refractivity contribution in [3.63, 3.8) is 0 Å². The van der Waals surface area contributed by atoms with Crippen LogP contribution in [0.25, 0.3) is 10.1 Å². The number of aryl methyl sites for hydroxylation is 1. The van der Waals surface area contributed by atoms with Gasteiger partial charge >= 0.3 is 0 Å². The van der Waals surface area contributed by atoms with Crippen LogP contribution in [0.15, 0.2) is 66.7 Å². The second kappa shape index (κ2) is 9.25. The molecule has 2 heterocycles. The molecule has 0 saturated carbocycles. The molecule has 3 aromatic carbocycles. The van der Waals surface area contributed by atoms with Crippen LogP contribution in [0.1, 0.15) is 27.2 Å². The van der Waals surface area contributed by atoms with Gasteiger partial charge in [-0.2, -0.15) is 0 Å². The third-order valence-corrected chi connectivity index (χ3v) is 7.03. The lowest BCUT2D eigenvalue weighted by molar-refractivity contribution is 0.104. The van der Waals surface area contributed by atoms with E-state index in [2.05, 4.69) is 4.90 Å². The zero-order chi connectivity index (χ0) is 22.8. The van der Waals surface area contributed by atoms with E-state index in [1.807, 2.05) is 55.5 Å². The number of hydrogen-bond acceptors (Lipinski definition) is 6. The largest absolute Gasteiger partial charge is 0.508 e. The summed E-state index contributed by atoms with van der Waals surface area (Å²) >= 11 is 1.33. The summed E-state index contributed by atoms with van der Waals surface area (Å²) in [6, 6.07) is 20.1. The molecule has 1 N–H and O–H groups in total. The number of nitrogens with zero attached hydrogens (tertiary/aromatic N) is 1. The zero-order valence-electron chi connectivity index (χ0n) is 18.4. The van der Waals surface area contributed by atoms with Crippen molar-refractivity contribution in [1.82, 2.24) is 4.90 Å². The standard InChI is InChI=1S/C27H25NO4S/c1-18-5-2-3-6-22(18)25(30)27-26(23-12-7-19(29)17-24(23)33-27)32-21-10-8-20(9-11-21)31-16-15-28-13-4-14-28/h2-3,5-12,17,29H,4,13-16H2,1H3. The van der Waals surface area contributed by atoms with Crippen molar-refractivity contribution in [2.75, 3.05) is 26.2 Å². The third-order valence-electron chi connectivity index (χ3n) is 5.89. The summed E-state index contributed by atoms with van der Waals surface area (Å²) in [6.45, 7) is 5.84. The molecule has 1 saturated heterocycles. The van der Waals surface area contributed by atoms with Crippen molar-refractivity contribution >= 4 is 27.2 Å². The maximum Gasteiger partial charge on any atom is 0.207 e. The van der Waals surface area contributed by atoms with Crippen LogP contribution in [0.2, 0.25) is 0 Å². The van der Waals surface area contributed by atoms with Gasteiger partial charge in [0.05, 0.1) is 0 Å². The first-order valence-corrected chi connectivity index (χ1v) is 11.9. The molecule has 0 atom stereocenters. The summed E-state index contributed by atoms with van der Waals surface area (Å²) in [5.41, 5.74) is 1.55. The maximum atomic E-state index is 13.4. The average molecular weight is 460 g/mol. The number of ether oxygens (including phenoxy) is 2. The summed E-state index contributed by atoms with van der Waals surface area (Å²) in [5.74, 6) is 1.99. The Morgan fingerprint density at radius 1 is 1.03 bits per heavy atom. The summed E-state index contributed by atoms with van der Waals surface area (Å²) in [7, 11) is 0. The van der Waals surface area contributed by atoms with Gasteiger partial charge in [0.25, 0.3) is 0 Å². The molecule has 33 heavy (non-hydrogen) atoms. The first-order chi connectivity index (χ1) is 16.1. The first-order valence-electron chi connectivity index (χ1n) is 11.1. The summed E-state index contributed by atoms with van der Waals surface area (Å²) in [6.07, 6.45) is 1.28. The Bertz CT molecular complexity index is 1290. The number of phenolic OH excluding ortho intramolecular Hbond substituents is 1. The average Bonchev–Trinajstić information content (AvgIpc) is 3.13. The molecule has 0 spiro atoms. The van der Waals surface area contributed by atoms with Gasteiger partial charge in [0.15, 0.2) is 5.75 Å². The number of ketones is 1. The molecule has 1 aliphatic rings. The van der Waals surface area contributed by atoms with Gasteiger partial charge < -0.3 is 14.6 Å². The first kappa shape index (κ1) is 21.5. The molecule has 0 unspecified atom stereocenters. The molecule has 5 nitrogen and oxygen atoms in total. The molecule has 5 rings (SSSR count). The molecular formula is C27H25NO4S. The fourth-order valence-electron chi connectivity index (χ4n) is 3.88. The number of benzene rings is 3. The van der Waals surface area contributed by atoms with Crippen molar-refractivity contribution in [2.45, 2.75) is 13.3 Å². The maximum absolute atomic E-state index is 13.4. The highest BCUT2D eigenvalue weighted by atomic mass is 32.1. The number of rotatable bonds is 8. The van der Waals surface area contributed by atoms with Crippen LogP contribution >= 0.6 is 11.3 Å². The van der Waals surface area contributed by atoms with Crippen LogP contribution in [-0.2, 0) is 0 Å². The van der Waals surface area contributed by atoms with Gasteiger partial charge in [-0.05, 0) is 74.5 Å². The van der Waals surface area contributed by atoms with Gasteiger partial charge in [0, 0.05) is 22.2 Å². The molecule has 1 fully saturated rings. The highest BCUT2D eigenvalue weighted by Gasteiger charge is 2.23. The van der Waals surface area contributed by atoms with E-state index in [1.165, 1.54) is 17.8 Å². The lowest BCUT2D eigenvalue weighted by Gasteiger charge is -2.30. The van der Waals surface area contributed by atoms with Gasteiger partial charge in [-0.3, -0.25) is 9.69 Å². The predicted molar refractivity (Wildman–Crippen MR) is 131 cm³/mol. The number of likely N-dealkylation sites (tertiary alicyclic amines) is 1. The molecule has 0 aliphatic carbocycles. The van der Waals surface area contributed by atoms with E-state index in [9.17, 15) is 9.90 Å². The fraction of sp³-hybridized carbons (Fsp3) is 0.222. The minimum absolute atomic E-state index is 0.0882. The van der Waals surface area contributed by atoms with E-state index >= 15 is 0 Å². The normalized spacial score (nSPS) is 13.6. The summed E-state index contributed by atoms with van der Waals surface area (Å²) in [4.78, 5) is 16.3. The Hall–Kier alpha value is -3.35.